The van der Waals surface area contributed by atoms with Crippen LogP contribution >= 0.6 is 0 Å². The summed E-state index contributed by atoms with van der Waals surface area (Å²) in [6.07, 6.45) is 2.38. The van der Waals surface area contributed by atoms with Gasteiger partial charge >= 0.3 is 0 Å². The summed E-state index contributed by atoms with van der Waals surface area (Å²) in [5, 5.41) is 3.31. The third-order valence-corrected chi connectivity index (χ3v) is 3.23. The highest BCUT2D eigenvalue weighted by atomic mass is 19.1. The molecule has 0 spiro atoms. The Hall–Kier alpha value is -1.94. The Morgan fingerprint density at radius 2 is 1.75 bits per heavy atom. The van der Waals surface area contributed by atoms with Crippen LogP contribution in [0.2, 0.25) is 0 Å². The van der Waals surface area contributed by atoms with Crippen LogP contribution in [0, 0.1) is 11.6 Å². The minimum atomic E-state index is -0.508. The molecule has 4 heteroatoms. The first kappa shape index (κ1) is 13.1. The van der Waals surface area contributed by atoms with Crippen LogP contribution in [0.1, 0.15) is 18.4 Å². The van der Waals surface area contributed by atoms with Crippen molar-refractivity contribution in [2.24, 2.45) is 0 Å². The average Bonchev–Trinajstić information content (AvgIpc) is 3.26. The summed E-state index contributed by atoms with van der Waals surface area (Å²) in [5.74, 6) is -0.935. The SMILES string of the molecule is Fc1ccccc1Oc1ccc(CNC2CC2)cc1F. The van der Waals surface area contributed by atoms with Gasteiger partial charge in [0.1, 0.15) is 0 Å². The fourth-order valence-electron chi connectivity index (χ4n) is 1.93. The summed E-state index contributed by atoms with van der Waals surface area (Å²) >= 11 is 0. The number of halogens is 2. The Morgan fingerprint density at radius 3 is 2.45 bits per heavy atom. The van der Waals surface area contributed by atoms with Crippen molar-refractivity contribution in [1.82, 2.24) is 5.32 Å². The Morgan fingerprint density at radius 1 is 1.00 bits per heavy atom. The van der Waals surface area contributed by atoms with Crippen LogP contribution in [0.25, 0.3) is 0 Å². The zero-order valence-corrected chi connectivity index (χ0v) is 10.9. The molecule has 0 radical (unpaired) electrons. The lowest BCUT2D eigenvalue weighted by Crippen LogP contribution is -2.15. The Bertz CT molecular complexity index is 611. The van der Waals surface area contributed by atoms with Gasteiger partial charge in [-0.1, -0.05) is 18.2 Å². The fourth-order valence-corrected chi connectivity index (χ4v) is 1.93. The zero-order valence-electron chi connectivity index (χ0n) is 10.9. The number of hydrogen-bond acceptors (Lipinski definition) is 2. The van der Waals surface area contributed by atoms with Crippen LogP contribution in [0.5, 0.6) is 11.5 Å². The molecule has 1 saturated carbocycles. The molecule has 1 aliphatic carbocycles. The van der Waals surface area contributed by atoms with Crippen LogP contribution in [0.15, 0.2) is 42.5 Å². The highest BCUT2D eigenvalue weighted by molar-refractivity contribution is 5.35. The summed E-state index contributed by atoms with van der Waals surface area (Å²) in [5.41, 5.74) is 0.857. The molecule has 0 amide bonds. The lowest BCUT2D eigenvalue weighted by molar-refractivity contribution is 0.414. The summed E-state index contributed by atoms with van der Waals surface area (Å²) in [4.78, 5) is 0. The zero-order chi connectivity index (χ0) is 13.9. The normalized spacial score (nSPS) is 14.3. The van der Waals surface area contributed by atoms with E-state index in [9.17, 15) is 8.78 Å². The molecule has 2 aromatic carbocycles. The van der Waals surface area contributed by atoms with Crippen LogP contribution < -0.4 is 10.1 Å². The van der Waals surface area contributed by atoms with Crippen LogP contribution in [0.4, 0.5) is 8.78 Å². The van der Waals surface area contributed by atoms with Crippen molar-refractivity contribution in [2.45, 2.75) is 25.4 Å². The van der Waals surface area contributed by atoms with Crippen molar-refractivity contribution in [1.29, 1.82) is 0 Å². The molecule has 1 aliphatic rings. The molecule has 20 heavy (non-hydrogen) atoms. The third kappa shape index (κ3) is 3.14. The van der Waals surface area contributed by atoms with Gasteiger partial charge in [-0.3, -0.25) is 0 Å². The van der Waals surface area contributed by atoms with E-state index in [0.717, 1.165) is 5.56 Å². The monoisotopic (exact) mass is 275 g/mol. The van der Waals surface area contributed by atoms with Gasteiger partial charge in [0.05, 0.1) is 0 Å². The van der Waals surface area contributed by atoms with Gasteiger partial charge in [0.25, 0.3) is 0 Å². The maximum Gasteiger partial charge on any atom is 0.166 e. The van der Waals surface area contributed by atoms with Crippen molar-refractivity contribution >= 4 is 0 Å². The van der Waals surface area contributed by atoms with Crippen LogP contribution in [-0.4, -0.2) is 6.04 Å². The quantitative estimate of drug-likeness (QED) is 0.890. The van der Waals surface area contributed by atoms with E-state index >= 15 is 0 Å². The van der Waals surface area contributed by atoms with Gasteiger partial charge in [0, 0.05) is 12.6 Å². The molecule has 1 fully saturated rings. The molecule has 0 aliphatic heterocycles. The maximum atomic E-state index is 13.9. The molecular formula is C16H15F2NO. The summed E-state index contributed by atoms with van der Waals surface area (Å²) in [6.45, 7) is 0.640. The van der Waals surface area contributed by atoms with Gasteiger partial charge < -0.3 is 10.1 Å². The molecule has 1 N–H and O–H groups in total. The van der Waals surface area contributed by atoms with E-state index in [2.05, 4.69) is 5.32 Å². The van der Waals surface area contributed by atoms with E-state index in [1.54, 1.807) is 18.2 Å². The third-order valence-electron chi connectivity index (χ3n) is 3.23. The number of para-hydroxylation sites is 1. The lowest BCUT2D eigenvalue weighted by Gasteiger charge is -2.09. The highest BCUT2D eigenvalue weighted by Crippen LogP contribution is 2.27. The Balaban J connectivity index is 1.71. The molecule has 0 atom stereocenters. The van der Waals surface area contributed by atoms with Gasteiger partial charge in [-0.25, -0.2) is 8.78 Å². The first-order valence-corrected chi connectivity index (χ1v) is 6.66. The van der Waals surface area contributed by atoms with Crippen molar-refractivity contribution in [3.8, 4) is 11.5 Å². The molecule has 0 aromatic heterocycles. The predicted octanol–water partition coefficient (Wildman–Crippen LogP) is 4.01. The van der Waals surface area contributed by atoms with Crippen molar-refractivity contribution in [3.63, 3.8) is 0 Å². The van der Waals surface area contributed by atoms with E-state index in [0.29, 0.717) is 12.6 Å². The van der Waals surface area contributed by atoms with E-state index < -0.39 is 11.6 Å². The maximum absolute atomic E-state index is 13.9. The van der Waals surface area contributed by atoms with Crippen molar-refractivity contribution in [3.05, 3.63) is 59.7 Å². The average molecular weight is 275 g/mol. The molecule has 0 heterocycles. The number of rotatable bonds is 5. The van der Waals surface area contributed by atoms with Crippen LogP contribution in [-0.2, 0) is 6.54 Å². The van der Waals surface area contributed by atoms with Gasteiger partial charge in [-0.15, -0.1) is 0 Å². The fraction of sp³-hybridized carbons (Fsp3) is 0.250. The van der Waals surface area contributed by atoms with Crippen molar-refractivity contribution < 1.29 is 13.5 Å². The first-order chi connectivity index (χ1) is 9.72. The van der Waals surface area contributed by atoms with E-state index in [1.165, 1.54) is 37.1 Å². The Labute approximate surface area is 116 Å². The predicted molar refractivity (Wildman–Crippen MR) is 72.7 cm³/mol. The minimum absolute atomic E-state index is 0.0234. The second kappa shape index (κ2) is 5.59. The Kier molecular flexibility index (Phi) is 3.65. The van der Waals surface area contributed by atoms with Crippen LogP contribution in [0.3, 0.4) is 0 Å². The largest absolute Gasteiger partial charge is 0.451 e. The summed E-state index contributed by atoms with van der Waals surface area (Å²) in [6, 6.07) is 11.3. The lowest BCUT2D eigenvalue weighted by atomic mass is 10.2. The van der Waals surface area contributed by atoms with E-state index in [-0.39, 0.29) is 11.5 Å². The molecule has 0 bridgehead atoms. The molecule has 2 aromatic rings. The smallest absolute Gasteiger partial charge is 0.166 e. The number of benzene rings is 2. The number of ether oxygens (including phenoxy) is 1. The molecule has 0 unspecified atom stereocenters. The molecular weight excluding hydrogens is 260 g/mol. The minimum Gasteiger partial charge on any atom is -0.451 e. The first-order valence-electron chi connectivity index (χ1n) is 6.66. The van der Waals surface area contributed by atoms with E-state index in [1.807, 2.05) is 0 Å². The summed E-state index contributed by atoms with van der Waals surface area (Å²) in [7, 11) is 0. The molecule has 0 saturated heterocycles. The van der Waals surface area contributed by atoms with Gasteiger partial charge in [-0.05, 0) is 42.7 Å². The van der Waals surface area contributed by atoms with E-state index in [4.69, 9.17) is 4.74 Å². The van der Waals surface area contributed by atoms with Gasteiger partial charge in [-0.2, -0.15) is 0 Å². The number of hydrogen-bond donors (Lipinski definition) is 1. The number of nitrogens with one attached hydrogen (secondary N) is 1. The van der Waals surface area contributed by atoms with Gasteiger partial charge in [0.15, 0.2) is 23.1 Å². The second-order valence-corrected chi connectivity index (χ2v) is 4.95. The molecule has 2 nitrogen and oxygen atoms in total. The summed E-state index contributed by atoms with van der Waals surface area (Å²) < 4.78 is 32.6. The molecule has 104 valence electrons. The van der Waals surface area contributed by atoms with Crippen molar-refractivity contribution in [2.75, 3.05) is 0 Å². The molecule has 3 rings (SSSR count). The topological polar surface area (TPSA) is 21.3 Å². The second-order valence-electron chi connectivity index (χ2n) is 4.95. The van der Waals surface area contributed by atoms with Gasteiger partial charge in [0.2, 0.25) is 0 Å². The highest BCUT2D eigenvalue weighted by Gasteiger charge is 2.20. The standard InChI is InChI=1S/C16H15F2NO/c17-13-3-1-2-4-15(13)20-16-8-5-11(9-14(16)18)10-19-12-6-7-12/h1-5,8-9,12,19H,6-7,10H2.